The summed E-state index contributed by atoms with van der Waals surface area (Å²) in [6.07, 6.45) is 2.05. The number of nitrogens with one attached hydrogen (secondary N) is 1. The van der Waals surface area contributed by atoms with E-state index in [1.807, 2.05) is 62.6 Å². The van der Waals surface area contributed by atoms with E-state index in [1.54, 1.807) is 11.8 Å². The van der Waals surface area contributed by atoms with Crippen LogP contribution in [0.15, 0.2) is 48.5 Å². The van der Waals surface area contributed by atoms with Crippen LogP contribution in [0.1, 0.15) is 27.5 Å². The molecule has 0 aliphatic heterocycles. The average Bonchev–Trinajstić information content (AvgIpc) is 2.56. The zero-order chi connectivity index (χ0) is 17.5. The van der Waals surface area contributed by atoms with Crippen molar-refractivity contribution < 1.29 is 4.79 Å². The first-order valence-electron chi connectivity index (χ1n) is 7.80. The molecule has 24 heavy (non-hydrogen) atoms. The van der Waals surface area contributed by atoms with E-state index in [1.165, 1.54) is 0 Å². The number of hydrogen-bond donors (Lipinski definition) is 1. The zero-order valence-electron chi connectivity index (χ0n) is 14.3. The van der Waals surface area contributed by atoms with Gasteiger partial charge < -0.3 is 10.2 Å². The highest BCUT2D eigenvalue weighted by atomic mass is 35.5. The molecule has 2 aromatic carbocycles. The molecule has 2 rings (SSSR count). The van der Waals surface area contributed by atoms with Crippen LogP contribution in [-0.4, -0.2) is 37.7 Å². The Morgan fingerprint density at radius 1 is 1.21 bits per heavy atom. The lowest BCUT2D eigenvalue weighted by atomic mass is 10.1. The smallest absolute Gasteiger partial charge is 0.251 e. The molecule has 0 saturated heterocycles. The molecule has 0 aromatic heterocycles. The van der Waals surface area contributed by atoms with Gasteiger partial charge in [0.25, 0.3) is 5.91 Å². The van der Waals surface area contributed by atoms with E-state index in [9.17, 15) is 4.79 Å². The number of halogens is 1. The van der Waals surface area contributed by atoms with Crippen molar-refractivity contribution in [3.05, 3.63) is 70.2 Å². The standard InChI is InChI=1S/C19H23ClN2OS/c1-22(2)18(16-9-4-5-10-17(16)20)12-21-19(23)15-8-6-7-14(11-15)13-24-3/h4-11,18H,12-13H2,1-3H3,(H,21,23). The van der Waals surface area contributed by atoms with Gasteiger partial charge in [-0.2, -0.15) is 11.8 Å². The number of likely N-dealkylation sites (N-methyl/N-ethyl adjacent to an activating group) is 1. The molecule has 0 bridgehead atoms. The van der Waals surface area contributed by atoms with Crippen LogP contribution in [0.25, 0.3) is 0 Å². The lowest BCUT2D eigenvalue weighted by Crippen LogP contribution is -2.34. The molecule has 0 radical (unpaired) electrons. The number of nitrogens with zero attached hydrogens (tertiary/aromatic N) is 1. The minimum atomic E-state index is -0.0585. The van der Waals surface area contributed by atoms with Crippen LogP contribution in [0, 0.1) is 0 Å². The van der Waals surface area contributed by atoms with Gasteiger partial charge in [0.15, 0.2) is 0 Å². The highest BCUT2D eigenvalue weighted by Crippen LogP contribution is 2.25. The van der Waals surface area contributed by atoms with Gasteiger partial charge in [0, 0.05) is 22.9 Å². The molecular weight excluding hydrogens is 340 g/mol. The summed E-state index contributed by atoms with van der Waals surface area (Å²) in [5.74, 6) is 0.845. The number of thioether (sulfide) groups is 1. The van der Waals surface area contributed by atoms with Gasteiger partial charge in [0.05, 0.1) is 6.04 Å². The van der Waals surface area contributed by atoms with Crippen molar-refractivity contribution in [3.63, 3.8) is 0 Å². The highest BCUT2D eigenvalue weighted by Gasteiger charge is 2.18. The third-order valence-electron chi connectivity index (χ3n) is 3.84. The van der Waals surface area contributed by atoms with Crippen molar-refractivity contribution >= 4 is 29.3 Å². The fraction of sp³-hybridized carbons (Fsp3) is 0.316. The van der Waals surface area contributed by atoms with E-state index in [-0.39, 0.29) is 11.9 Å². The molecule has 3 nitrogen and oxygen atoms in total. The van der Waals surface area contributed by atoms with Crippen LogP contribution < -0.4 is 5.32 Å². The zero-order valence-corrected chi connectivity index (χ0v) is 15.8. The third kappa shape index (κ3) is 5.00. The highest BCUT2D eigenvalue weighted by molar-refractivity contribution is 7.97. The molecule has 0 spiro atoms. The molecule has 2 aromatic rings. The molecule has 0 aliphatic rings. The monoisotopic (exact) mass is 362 g/mol. The predicted octanol–water partition coefficient (Wildman–Crippen LogP) is 4.24. The van der Waals surface area contributed by atoms with Crippen molar-refractivity contribution in [3.8, 4) is 0 Å². The number of amides is 1. The summed E-state index contributed by atoms with van der Waals surface area (Å²) in [5, 5.41) is 3.74. The van der Waals surface area contributed by atoms with Gasteiger partial charge in [-0.05, 0) is 49.7 Å². The van der Waals surface area contributed by atoms with Crippen LogP contribution in [0.3, 0.4) is 0 Å². The molecule has 128 valence electrons. The normalized spacial score (nSPS) is 12.2. The maximum Gasteiger partial charge on any atom is 0.251 e. The summed E-state index contributed by atoms with van der Waals surface area (Å²) >= 11 is 8.05. The van der Waals surface area contributed by atoms with E-state index in [2.05, 4.69) is 16.5 Å². The fourth-order valence-corrected chi connectivity index (χ4v) is 3.35. The number of carbonyl (C=O) groups excluding carboxylic acids is 1. The lowest BCUT2D eigenvalue weighted by Gasteiger charge is -2.26. The molecule has 1 atom stereocenters. The maximum atomic E-state index is 12.5. The third-order valence-corrected chi connectivity index (χ3v) is 4.81. The van der Waals surface area contributed by atoms with E-state index in [0.717, 1.165) is 16.9 Å². The van der Waals surface area contributed by atoms with Crippen LogP contribution >= 0.6 is 23.4 Å². The van der Waals surface area contributed by atoms with Crippen molar-refractivity contribution in [1.29, 1.82) is 0 Å². The first-order chi connectivity index (χ1) is 11.5. The van der Waals surface area contributed by atoms with Gasteiger partial charge in [-0.1, -0.05) is 41.9 Å². The van der Waals surface area contributed by atoms with Crippen LogP contribution in [0.5, 0.6) is 0 Å². The summed E-state index contributed by atoms with van der Waals surface area (Å²) < 4.78 is 0. The Morgan fingerprint density at radius 2 is 1.96 bits per heavy atom. The summed E-state index contributed by atoms with van der Waals surface area (Å²) in [6.45, 7) is 0.502. The first-order valence-corrected chi connectivity index (χ1v) is 9.57. The van der Waals surface area contributed by atoms with Gasteiger partial charge in [0.1, 0.15) is 0 Å². The summed E-state index contributed by atoms with van der Waals surface area (Å²) in [6, 6.07) is 15.5. The topological polar surface area (TPSA) is 32.3 Å². The molecule has 1 N–H and O–H groups in total. The van der Waals surface area contributed by atoms with Crippen LogP contribution in [-0.2, 0) is 5.75 Å². The minimum Gasteiger partial charge on any atom is -0.350 e. The van der Waals surface area contributed by atoms with Crippen molar-refractivity contribution in [2.75, 3.05) is 26.9 Å². The van der Waals surface area contributed by atoms with Crippen LogP contribution in [0.4, 0.5) is 0 Å². The summed E-state index contributed by atoms with van der Waals surface area (Å²) in [4.78, 5) is 14.5. The molecule has 5 heteroatoms. The number of benzene rings is 2. The number of rotatable bonds is 7. The molecule has 0 saturated carbocycles. The molecule has 0 fully saturated rings. The van der Waals surface area contributed by atoms with Gasteiger partial charge in [-0.25, -0.2) is 0 Å². The van der Waals surface area contributed by atoms with E-state index in [4.69, 9.17) is 11.6 Å². The minimum absolute atomic E-state index is 0.0250. The van der Waals surface area contributed by atoms with E-state index in [0.29, 0.717) is 17.1 Å². The number of hydrogen-bond acceptors (Lipinski definition) is 3. The van der Waals surface area contributed by atoms with Crippen molar-refractivity contribution in [2.45, 2.75) is 11.8 Å². The lowest BCUT2D eigenvalue weighted by molar-refractivity contribution is 0.0942. The summed E-state index contributed by atoms with van der Waals surface area (Å²) in [5.41, 5.74) is 2.87. The second-order valence-electron chi connectivity index (χ2n) is 5.84. The van der Waals surface area contributed by atoms with E-state index >= 15 is 0 Å². The van der Waals surface area contributed by atoms with Gasteiger partial charge in [-0.3, -0.25) is 4.79 Å². The van der Waals surface area contributed by atoms with Gasteiger partial charge >= 0.3 is 0 Å². The van der Waals surface area contributed by atoms with Gasteiger partial charge in [-0.15, -0.1) is 0 Å². The Hall–Kier alpha value is -1.49. The van der Waals surface area contributed by atoms with Gasteiger partial charge in [0.2, 0.25) is 0 Å². The van der Waals surface area contributed by atoms with Crippen molar-refractivity contribution in [2.24, 2.45) is 0 Å². The average molecular weight is 363 g/mol. The Balaban J connectivity index is 2.08. The Bertz CT molecular complexity index is 691. The fourth-order valence-electron chi connectivity index (χ4n) is 2.58. The predicted molar refractivity (Wildman–Crippen MR) is 104 cm³/mol. The Morgan fingerprint density at radius 3 is 2.62 bits per heavy atom. The Labute approximate surface area is 153 Å². The number of carbonyl (C=O) groups is 1. The van der Waals surface area contributed by atoms with E-state index < -0.39 is 0 Å². The molecule has 0 heterocycles. The largest absolute Gasteiger partial charge is 0.350 e. The maximum absolute atomic E-state index is 12.5. The molecule has 1 amide bonds. The SMILES string of the molecule is CSCc1cccc(C(=O)NCC(c2ccccc2Cl)N(C)C)c1. The molecule has 1 unspecified atom stereocenters. The van der Waals surface area contributed by atoms with Crippen molar-refractivity contribution in [1.82, 2.24) is 10.2 Å². The quantitative estimate of drug-likeness (QED) is 0.799. The molecular formula is C19H23ClN2OS. The second kappa shape index (κ2) is 9.11. The second-order valence-corrected chi connectivity index (χ2v) is 7.12. The molecule has 0 aliphatic carbocycles. The summed E-state index contributed by atoms with van der Waals surface area (Å²) in [7, 11) is 3.97. The first kappa shape index (κ1) is 18.8. The van der Waals surface area contributed by atoms with Crippen LogP contribution in [0.2, 0.25) is 5.02 Å². The Kier molecular flexibility index (Phi) is 7.16.